The van der Waals surface area contributed by atoms with E-state index in [-0.39, 0.29) is 12.0 Å². The summed E-state index contributed by atoms with van der Waals surface area (Å²) in [7, 11) is 0. The fourth-order valence-electron chi connectivity index (χ4n) is 1.37. The average Bonchev–Trinajstić information content (AvgIpc) is 2.46. The predicted molar refractivity (Wildman–Crippen MR) is 46.0 cm³/mol. The summed E-state index contributed by atoms with van der Waals surface area (Å²) in [6.45, 7) is 2.84. The first-order valence-electron chi connectivity index (χ1n) is 4.21. The number of aromatic nitrogens is 1. The summed E-state index contributed by atoms with van der Waals surface area (Å²) >= 11 is 0. The predicted octanol–water partition coefficient (Wildman–Crippen LogP) is 2.51. The highest BCUT2D eigenvalue weighted by Crippen LogP contribution is 2.34. The van der Waals surface area contributed by atoms with Gasteiger partial charge in [0.15, 0.2) is 6.23 Å². The molecule has 0 saturated heterocycles. The minimum atomic E-state index is -4.45. The van der Waals surface area contributed by atoms with Gasteiger partial charge in [-0.25, -0.2) is 0 Å². The minimum Gasteiger partial charge on any atom is -0.444 e. The number of hydrogen-bond acceptors (Lipinski definition) is 2. The molecule has 84 valence electrons. The highest BCUT2D eigenvalue weighted by Gasteiger charge is 2.37. The monoisotopic (exact) mass is 221 g/mol. The van der Waals surface area contributed by atoms with E-state index in [2.05, 4.69) is 4.74 Å². The molecule has 0 radical (unpaired) electrons. The van der Waals surface area contributed by atoms with E-state index in [0.717, 1.165) is 4.57 Å². The van der Waals surface area contributed by atoms with Crippen LogP contribution in [0.25, 0.3) is 0 Å². The zero-order valence-corrected chi connectivity index (χ0v) is 8.21. The molecule has 0 aliphatic rings. The Bertz CT molecular complexity index is 357. The Morgan fingerprint density at radius 2 is 2.13 bits per heavy atom. The van der Waals surface area contributed by atoms with Crippen molar-refractivity contribution in [3.05, 3.63) is 23.5 Å². The van der Waals surface area contributed by atoms with Crippen LogP contribution in [-0.2, 0) is 15.7 Å². The second-order valence-corrected chi connectivity index (χ2v) is 3.08. The van der Waals surface area contributed by atoms with Crippen LogP contribution in [0.4, 0.5) is 13.2 Å². The van der Waals surface area contributed by atoms with Crippen molar-refractivity contribution in [3.8, 4) is 0 Å². The van der Waals surface area contributed by atoms with Gasteiger partial charge in [0.05, 0.1) is 0 Å². The number of carbonyl (C=O) groups is 1. The van der Waals surface area contributed by atoms with Crippen molar-refractivity contribution >= 4 is 6.47 Å². The molecule has 1 atom stereocenters. The van der Waals surface area contributed by atoms with Crippen molar-refractivity contribution < 1.29 is 22.7 Å². The number of carbonyl (C=O) groups excluding carboxylic acids is 1. The van der Waals surface area contributed by atoms with Crippen molar-refractivity contribution in [1.29, 1.82) is 0 Å². The topological polar surface area (TPSA) is 31.2 Å². The molecule has 6 heteroatoms. The number of ether oxygens (including phenoxy) is 1. The number of rotatable bonds is 3. The van der Waals surface area contributed by atoms with Gasteiger partial charge in [0, 0.05) is 6.20 Å². The summed E-state index contributed by atoms with van der Waals surface area (Å²) < 4.78 is 43.1. The van der Waals surface area contributed by atoms with Gasteiger partial charge >= 0.3 is 6.18 Å². The maximum atomic E-state index is 12.6. The number of hydrogen-bond donors (Lipinski definition) is 0. The lowest BCUT2D eigenvalue weighted by Crippen LogP contribution is -2.18. The third kappa shape index (κ3) is 2.31. The van der Waals surface area contributed by atoms with Crippen LogP contribution in [0.1, 0.15) is 24.4 Å². The molecule has 1 rings (SSSR count). The molecule has 0 saturated carbocycles. The van der Waals surface area contributed by atoms with Gasteiger partial charge in [-0.05, 0) is 25.5 Å². The Balaban J connectivity index is 3.14. The largest absolute Gasteiger partial charge is 0.444 e. The number of halogens is 3. The zero-order chi connectivity index (χ0) is 11.6. The van der Waals surface area contributed by atoms with Crippen molar-refractivity contribution in [2.24, 2.45) is 0 Å². The highest BCUT2D eigenvalue weighted by molar-refractivity contribution is 5.37. The fourth-order valence-corrected chi connectivity index (χ4v) is 1.37. The van der Waals surface area contributed by atoms with Gasteiger partial charge in [0.1, 0.15) is 5.69 Å². The summed E-state index contributed by atoms with van der Waals surface area (Å²) in [6.07, 6.45) is -4.17. The summed E-state index contributed by atoms with van der Waals surface area (Å²) in [6, 6.07) is 1.33. The highest BCUT2D eigenvalue weighted by atomic mass is 19.4. The van der Waals surface area contributed by atoms with Crippen molar-refractivity contribution in [2.75, 3.05) is 0 Å². The van der Waals surface area contributed by atoms with E-state index < -0.39 is 18.1 Å². The molecule has 0 fully saturated rings. The quantitative estimate of drug-likeness (QED) is 0.734. The molecule has 15 heavy (non-hydrogen) atoms. The van der Waals surface area contributed by atoms with E-state index in [1.165, 1.54) is 26.1 Å². The van der Waals surface area contributed by atoms with Crippen molar-refractivity contribution in [3.63, 3.8) is 0 Å². The molecule has 0 N–H and O–H groups in total. The molecule has 1 aromatic rings. The average molecular weight is 221 g/mol. The van der Waals surface area contributed by atoms with Gasteiger partial charge in [-0.2, -0.15) is 13.2 Å². The number of alkyl halides is 3. The molecule has 0 amide bonds. The molecule has 0 aromatic carbocycles. The van der Waals surface area contributed by atoms with Crippen LogP contribution in [0.5, 0.6) is 0 Å². The second-order valence-electron chi connectivity index (χ2n) is 3.08. The Hall–Kier alpha value is -1.46. The second kappa shape index (κ2) is 3.96. The van der Waals surface area contributed by atoms with Crippen LogP contribution in [0.2, 0.25) is 0 Å². The molecule has 0 aliphatic heterocycles. The van der Waals surface area contributed by atoms with Crippen LogP contribution in [0.3, 0.4) is 0 Å². The van der Waals surface area contributed by atoms with Crippen LogP contribution < -0.4 is 0 Å². The van der Waals surface area contributed by atoms with Crippen LogP contribution in [0, 0.1) is 6.92 Å². The lowest BCUT2D eigenvalue weighted by atomic mass is 10.2. The van der Waals surface area contributed by atoms with Gasteiger partial charge in [0.2, 0.25) is 0 Å². The Morgan fingerprint density at radius 3 is 2.60 bits per heavy atom. The molecule has 0 aliphatic carbocycles. The first-order valence-corrected chi connectivity index (χ1v) is 4.21. The molecule has 0 bridgehead atoms. The summed E-state index contributed by atoms with van der Waals surface area (Å²) in [5.41, 5.74) is -0.694. The molecular formula is C9H10F3NO2. The van der Waals surface area contributed by atoms with Crippen LogP contribution in [-0.4, -0.2) is 11.0 Å². The number of nitrogens with zero attached hydrogens (tertiary/aromatic N) is 1. The Kier molecular flexibility index (Phi) is 3.06. The van der Waals surface area contributed by atoms with Crippen LogP contribution in [0.15, 0.2) is 12.3 Å². The van der Waals surface area contributed by atoms with Gasteiger partial charge in [-0.15, -0.1) is 0 Å². The Labute approximate surface area is 84.4 Å². The van der Waals surface area contributed by atoms with Crippen molar-refractivity contribution in [1.82, 2.24) is 4.57 Å². The van der Waals surface area contributed by atoms with E-state index >= 15 is 0 Å². The maximum absolute atomic E-state index is 12.6. The van der Waals surface area contributed by atoms with Gasteiger partial charge < -0.3 is 9.30 Å². The van der Waals surface area contributed by atoms with E-state index in [4.69, 9.17) is 0 Å². The molecule has 3 nitrogen and oxygen atoms in total. The standard InChI is InChI=1S/C9H10F3NO2/c1-6-3-4-13(7(2)15-5-14)8(6)9(10,11)12/h3-5,7H,1-2H3. The molecular weight excluding hydrogens is 211 g/mol. The van der Waals surface area contributed by atoms with E-state index in [0.29, 0.717) is 0 Å². The molecule has 1 heterocycles. The zero-order valence-electron chi connectivity index (χ0n) is 8.21. The summed E-state index contributed by atoms with van der Waals surface area (Å²) in [5, 5.41) is 0. The summed E-state index contributed by atoms with van der Waals surface area (Å²) in [4.78, 5) is 10.0. The fraction of sp³-hybridized carbons (Fsp3) is 0.444. The third-order valence-corrected chi connectivity index (χ3v) is 2.03. The van der Waals surface area contributed by atoms with E-state index in [9.17, 15) is 18.0 Å². The third-order valence-electron chi connectivity index (χ3n) is 2.03. The van der Waals surface area contributed by atoms with Gasteiger partial charge in [-0.3, -0.25) is 4.79 Å². The van der Waals surface area contributed by atoms with Gasteiger partial charge in [-0.1, -0.05) is 0 Å². The van der Waals surface area contributed by atoms with Gasteiger partial charge in [0.25, 0.3) is 6.47 Å². The Morgan fingerprint density at radius 1 is 1.53 bits per heavy atom. The normalized spacial score (nSPS) is 13.7. The first kappa shape index (κ1) is 11.6. The van der Waals surface area contributed by atoms with E-state index in [1.807, 2.05) is 0 Å². The minimum absolute atomic E-state index is 0.101. The lowest BCUT2D eigenvalue weighted by Gasteiger charge is -2.17. The molecule has 0 spiro atoms. The van der Waals surface area contributed by atoms with Crippen molar-refractivity contribution in [2.45, 2.75) is 26.3 Å². The molecule has 1 unspecified atom stereocenters. The SMILES string of the molecule is Cc1ccn(C(C)OC=O)c1C(F)(F)F. The van der Waals surface area contributed by atoms with E-state index in [1.54, 1.807) is 0 Å². The molecule has 1 aromatic heterocycles. The maximum Gasteiger partial charge on any atom is 0.431 e. The first-order chi connectivity index (χ1) is 6.88. The number of aryl methyl sites for hydroxylation is 1. The lowest BCUT2D eigenvalue weighted by molar-refractivity contribution is -0.152. The summed E-state index contributed by atoms with van der Waals surface area (Å²) in [5.74, 6) is 0. The smallest absolute Gasteiger partial charge is 0.431 e. The van der Waals surface area contributed by atoms with Crippen LogP contribution >= 0.6 is 0 Å².